The molecule has 8 nitrogen and oxygen atoms in total. The summed E-state index contributed by atoms with van der Waals surface area (Å²) < 4.78 is 85.8. The van der Waals surface area contributed by atoms with Gasteiger partial charge in [-0.3, -0.25) is 4.79 Å². The number of halogens is 6. The van der Waals surface area contributed by atoms with Crippen LogP contribution in [0.1, 0.15) is 50.8 Å². The third-order valence-corrected chi connectivity index (χ3v) is 7.21. The molecule has 2 aliphatic heterocycles. The van der Waals surface area contributed by atoms with E-state index in [0.29, 0.717) is 31.7 Å². The Morgan fingerprint density at radius 3 is 2.12 bits per heavy atom. The van der Waals surface area contributed by atoms with Gasteiger partial charge in [0.25, 0.3) is 6.10 Å². The molecule has 1 aliphatic carbocycles. The van der Waals surface area contributed by atoms with Crippen molar-refractivity contribution in [2.45, 2.75) is 75.4 Å². The van der Waals surface area contributed by atoms with E-state index in [2.05, 4.69) is 14.9 Å². The highest BCUT2D eigenvalue weighted by molar-refractivity contribution is 5.91. The van der Waals surface area contributed by atoms with Crippen LogP contribution in [-0.4, -0.2) is 75.6 Å². The Morgan fingerprint density at radius 2 is 1.65 bits per heavy atom. The maximum Gasteiger partial charge on any atom is 0.434 e. The Hall–Kier alpha value is -2.54. The average Bonchev–Trinajstić information content (AvgIpc) is 3.04. The predicted molar refractivity (Wildman–Crippen MR) is 101 cm³/mol. The fourth-order valence-electron chi connectivity index (χ4n) is 5.20. The number of aryl methyl sites for hydroxylation is 1. The lowest BCUT2D eigenvalue weighted by molar-refractivity contribution is -0.308. The van der Waals surface area contributed by atoms with Crippen LogP contribution < -0.4 is 0 Å². The van der Waals surface area contributed by atoms with E-state index in [4.69, 9.17) is 4.42 Å². The molecular formula is C20H24F6N4O4. The number of nitrogens with zero attached hydrogens (tertiary/aromatic N) is 4. The largest absolute Gasteiger partial charge is 0.434 e. The molecule has 0 radical (unpaired) electrons. The maximum atomic E-state index is 13.6. The zero-order valence-electron chi connectivity index (χ0n) is 18.5. The molecular weight excluding hydrogens is 474 g/mol. The van der Waals surface area contributed by atoms with Crippen LogP contribution in [-0.2, 0) is 14.9 Å². The van der Waals surface area contributed by atoms with E-state index in [-0.39, 0.29) is 43.6 Å². The first-order chi connectivity index (χ1) is 15.7. The van der Waals surface area contributed by atoms with Crippen LogP contribution in [0.3, 0.4) is 0 Å². The molecule has 34 heavy (non-hydrogen) atoms. The van der Waals surface area contributed by atoms with Crippen LogP contribution >= 0.6 is 0 Å². The highest BCUT2D eigenvalue weighted by Crippen LogP contribution is 2.56. The van der Waals surface area contributed by atoms with Crippen LogP contribution in [0.2, 0.25) is 0 Å². The molecule has 2 saturated heterocycles. The number of hydrogen-bond acceptors (Lipinski definition) is 6. The maximum absolute atomic E-state index is 13.6. The van der Waals surface area contributed by atoms with E-state index >= 15 is 0 Å². The van der Waals surface area contributed by atoms with Crippen molar-refractivity contribution in [3.63, 3.8) is 0 Å². The van der Waals surface area contributed by atoms with E-state index in [1.165, 1.54) is 0 Å². The smallest absolute Gasteiger partial charge is 0.426 e. The van der Waals surface area contributed by atoms with Gasteiger partial charge in [-0.05, 0) is 38.0 Å². The molecule has 3 fully saturated rings. The molecule has 4 rings (SSSR count). The van der Waals surface area contributed by atoms with Gasteiger partial charge in [-0.25, -0.2) is 4.79 Å². The molecule has 0 bridgehead atoms. The summed E-state index contributed by atoms with van der Waals surface area (Å²) in [5, 5.41) is 7.86. The molecule has 1 saturated carbocycles. The minimum atomic E-state index is -5.78. The molecule has 0 N–H and O–H groups in total. The highest BCUT2D eigenvalue weighted by atomic mass is 19.4. The second-order valence-electron chi connectivity index (χ2n) is 9.32. The van der Waals surface area contributed by atoms with Crippen molar-refractivity contribution < 1.29 is 45.1 Å². The minimum absolute atomic E-state index is 0.0192. The summed E-state index contributed by atoms with van der Waals surface area (Å²) in [4.78, 5) is 28.3. The Kier molecular flexibility index (Phi) is 5.79. The van der Waals surface area contributed by atoms with Gasteiger partial charge in [-0.2, -0.15) is 26.3 Å². The van der Waals surface area contributed by atoms with Gasteiger partial charge in [0.1, 0.15) is 5.41 Å². The second-order valence-corrected chi connectivity index (χ2v) is 9.32. The number of alkyl halides is 6. The minimum Gasteiger partial charge on any atom is -0.426 e. The van der Waals surface area contributed by atoms with Crippen molar-refractivity contribution in [2.75, 3.05) is 19.6 Å². The molecule has 1 spiro atoms. The topological polar surface area (TPSA) is 88.8 Å². The fraction of sp³-hybridized carbons (Fsp3) is 0.800. The molecule has 14 heteroatoms. The standard InChI is InChI=1S/C20H24F6N4O4/c1-11-10-18(11,14-28-27-12(2)33-14)15(31)30-7-3-4-17(30)5-8-29(9-6-17)16(32)34-13(19(21,22)23)20(24,25)26/h11,13H,3-10H2,1-2H3. The number of rotatable bonds is 3. The number of aromatic nitrogens is 2. The van der Waals surface area contributed by atoms with E-state index in [1.54, 1.807) is 11.8 Å². The number of carbonyl (C=O) groups excluding carboxylic acids is 2. The van der Waals surface area contributed by atoms with Crippen molar-refractivity contribution in [3.8, 4) is 0 Å². The lowest BCUT2D eigenvalue weighted by Crippen LogP contribution is -2.58. The van der Waals surface area contributed by atoms with Crippen molar-refractivity contribution in [3.05, 3.63) is 11.8 Å². The first-order valence-electron chi connectivity index (χ1n) is 10.9. The van der Waals surface area contributed by atoms with Crippen LogP contribution in [0, 0.1) is 12.8 Å². The van der Waals surface area contributed by atoms with Crippen molar-refractivity contribution in [1.29, 1.82) is 0 Å². The van der Waals surface area contributed by atoms with E-state index in [9.17, 15) is 35.9 Å². The normalized spacial score (nSPS) is 26.9. The van der Waals surface area contributed by atoms with Gasteiger partial charge in [-0.15, -0.1) is 10.2 Å². The van der Waals surface area contributed by atoms with E-state index in [0.717, 1.165) is 4.90 Å². The van der Waals surface area contributed by atoms with Gasteiger partial charge in [0.05, 0.1) is 0 Å². The van der Waals surface area contributed by atoms with Crippen molar-refractivity contribution in [2.24, 2.45) is 5.92 Å². The summed E-state index contributed by atoms with van der Waals surface area (Å²) >= 11 is 0. The van der Waals surface area contributed by atoms with Gasteiger partial charge < -0.3 is 19.0 Å². The molecule has 3 aliphatic rings. The predicted octanol–water partition coefficient (Wildman–Crippen LogP) is 3.74. The van der Waals surface area contributed by atoms with Gasteiger partial charge >= 0.3 is 18.4 Å². The number of ether oxygens (including phenoxy) is 1. The van der Waals surface area contributed by atoms with Crippen LogP contribution in [0.25, 0.3) is 0 Å². The van der Waals surface area contributed by atoms with Gasteiger partial charge in [0.2, 0.25) is 17.7 Å². The highest BCUT2D eigenvalue weighted by Gasteiger charge is 2.66. The Bertz CT molecular complexity index is 942. The SMILES string of the molecule is Cc1nnc(C2(C(=O)N3CCCC34CCN(C(=O)OC(C(F)(F)F)C(F)(F)F)CC4)CC2C)o1. The van der Waals surface area contributed by atoms with Crippen LogP contribution in [0.5, 0.6) is 0 Å². The van der Waals surface area contributed by atoms with Gasteiger partial charge in [0, 0.05) is 32.1 Å². The second kappa shape index (κ2) is 8.01. The third-order valence-electron chi connectivity index (χ3n) is 7.21. The molecule has 3 heterocycles. The zero-order chi connectivity index (χ0) is 25.1. The van der Waals surface area contributed by atoms with Crippen LogP contribution in [0.4, 0.5) is 31.1 Å². The molecule has 190 valence electrons. The third kappa shape index (κ3) is 4.08. The summed E-state index contributed by atoms with van der Waals surface area (Å²) in [7, 11) is 0. The summed E-state index contributed by atoms with van der Waals surface area (Å²) in [5.41, 5.74) is -1.58. The van der Waals surface area contributed by atoms with Crippen LogP contribution in [0.15, 0.2) is 4.42 Å². The van der Waals surface area contributed by atoms with Crippen molar-refractivity contribution >= 4 is 12.0 Å². The molecule has 0 aromatic carbocycles. The molecule has 2 unspecified atom stereocenters. The summed E-state index contributed by atoms with van der Waals surface area (Å²) in [6.07, 6.45) is -15.2. The number of carbonyl (C=O) groups is 2. The summed E-state index contributed by atoms with van der Waals surface area (Å²) in [5.74, 6) is 0.386. The van der Waals surface area contributed by atoms with Gasteiger partial charge in [-0.1, -0.05) is 6.92 Å². The average molecular weight is 498 g/mol. The first-order valence-corrected chi connectivity index (χ1v) is 10.9. The lowest BCUT2D eigenvalue weighted by atomic mass is 9.84. The fourth-order valence-corrected chi connectivity index (χ4v) is 5.20. The Balaban J connectivity index is 1.45. The van der Waals surface area contributed by atoms with Crippen molar-refractivity contribution in [1.82, 2.24) is 20.0 Å². The Labute approximate surface area is 190 Å². The number of piperidine rings is 1. The zero-order valence-corrected chi connectivity index (χ0v) is 18.5. The molecule has 2 amide bonds. The molecule has 1 aromatic rings. The monoisotopic (exact) mass is 498 g/mol. The molecule has 2 atom stereocenters. The summed E-state index contributed by atoms with van der Waals surface area (Å²) in [6.45, 7) is 3.71. The van der Waals surface area contributed by atoms with E-state index < -0.39 is 35.5 Å². The number of amides is 2. The summed E-state index contributed by atoms with van der Waals surface area (Å²) in [6, 6.07) is 0. The number of likely N-dealkylation sites (tertiary alicyclic amines) is 2. The van der Waals surface area contributed by atoms with E-state index in [1.807, 2.05) is 6.92 Å². The van der Waals surface area contributed by atoms with Gasteiger partial charge in [0.15, 0.2) is 0 Å². The quantitative estimate of drug-likeness (QED) is 0.590. The lowest BCUT2D eigenvalue weighted by Gasteiger charge is -2.45. The first kappa shape index (κ1) is 24.6. The number of hydrogen-bond donors (Lipinski definition) is 0. The Morgan fingerprint density at radius 1 is 1.06 bits per heavy atom. The molecule has 1 aromatic heterocycles.